The first kappa shape index (κ1) is 28.4. The number of pyridine rings is 1. The molecule has 0 unspecified atom stereocenters. The van der Waals surface area contributed by atoms with Crippen LogP contribution in [0.5, 0.6) is 0 Å². The van der Waals surface area contributed by atoms with Crippen molar-refractivity contribution in [1.82, 2.24) is 14.9 Å². The Kier molecular flexibility index (Phi) is 8.11. The average Bonchev–Trinajstić information content (AvgIpc) is 3.42. The summed E-state index contributed by atoms with van der Waals surface area (Å²) in [5.74, 6) is -0.272. The molecule has 0 bridgehead atoms. The molecule has 1 aliphatic heterocycles. The molecule has 2 N–H and O–H groups in total. The molecule has 3 heterocycles. The van der Waals surface area contributed by atoms with Gasteiger partial charge in [0.25, 0.3) is 0 Å². The van der Waals surface area contributed by atoms with Gasteiger partial charge in [-0.2, -0.15) is 0 Å². The summed E-state index contributed by atoms with van der Waals surface area (Å²) in [7, 11) is 0. The van der Waals surface area contributed by atoms with Gasteiger partial charge in [0, 0.05) is 29.2 Å². The zero-order chi connectivity index (χ0) is 28.7. The van der Waals surface area contributed by atoms with E-state index in [1.807, 2.05) is 63.2 Å². The van der Waals surface area contributed by atoms with E-state index in [2.05, 4.69) is 38.1 Å². The van der Waals surface area contributed by atoms with Gasteiger partial charge in [-0.15, -0.1) is 0 Å². The van der Waals surface area contributed by atoms with Crippen molar-refractivity contribution in [3.05, 3.63) is 105 Å². The van der Waals surface area contributed by atoms with Gasteiger partial charge in [-0.1, -0.05) is 60.8 Å². The second-order valence-electron chi connectivity index (χ2n) is 10.0. The van der Waals surface area contributed by atoms with Crippen molar-refractivity contribution in [1.29, 1.82) is 0 Å². The lowest BCUT2D eigenvalue weighted by molar-refractivity contribution is -0.118. The number of aryl methyl sites for hydroxylation is 1. The quantitative estimate of drug-likeness (QED) is 0.215. The highest BCUT2D eigenvalue weighted by atomic mass is 35.5. The van der Waals surface area contributed by atoms with Gasteiger partial charge in [0.1, 0.15) is 0 Å². The number of hydrogen-bond acceptors (Lipinski definition) is 3. The Morgan fingerprint density at radius 3 is 2.48 bits per heavy atom. The molecule has 10 heteroatoms. The van der Waals surface area contributed by atoms with Gasteiger partial charge < -0.3 is 20.1 Å². The molecule has 2 aromatic heterocycles. The van der Waals surface area contributed by atoms with Gasteiger partial charge in [0.05, 0.1) is 44.2 Å². The maximum atomic E-state index is 12.3. The average molecular weight is 613 g/mol. The van der Waals surface area contributed by atoms with Gasteiger partial charge in [-0.3, -0.25) is 9.78 Å². The highest BCUT2D eigenvalue weighted by Gasteiger charge is 2.42. The molecule has 40 heavy (non-hydrogen) atoms. The molecule has 0 spiro atoms. The Morgan fingerprint density at radius 2 is 1.80 bits per heavy atom. The Hall–Kier alpha value is -3.10. The Bertz CT molecular complexity index is 1600. The standard InChI is InChI=1S/C30H28Cl3N5OS/c1-16(2)29(39)35-23-12-11-19(15-22(23)32)38-28(27(36-30(38)40)24-9-5-6-13-34-24)20-14-17(3)37(18(20)4)25-10-7-8-21(31)26(25)33/h5-16,27-28H,1-4H3,(H,35,39)(H,36,40)/t27-,28+/m0/s1. The summed E-state index contributed by atoms with van der Waals surface area (Å²) in [6, 6.07) is 18.7. The lowest BCUT2D eigenvalue weighted by atomic mass is 9.96. The van der Waals surface area contributed by atoms with E-state index < -0.39 is 0 Å². The lowest BCUT2D eigenvalue weighted by Gasteiger charge is -2.28. The van der Waals surface area contributed by atoms with Gasteiger partial charge in [0.15, 0.2) is 5.11 Å². The fourth-order valence-electron chi connectivity index (χ4n) is 5.10. The van der Waals surface area contributed by atoms with Crippen molar-refractivity contribution in [3.8, 4) is 5.69 Å². The van der Waals surface area contributed by atoms with Crippen molar-refractivity contribution in [2.75, 3.05) is 10.2 Å². The minimum Gasteiger partial charge on any atom is -0.351 e. The van der Waals surface area contributed by atoms with Crippen LogP contribution in [0.2, 0.25) is 15.1 Å². The summed E-state index contributed by atoms with van der Waals surface area (Å²) in [4.78, 5) is 19.0. The van der Waals surface area contributed by atoms with Crippen LogP contribution in [-0.2, 0) is 4.79 Å². The largest absolute Gasteiger partial charge is 0.351 e. The molecule has 2 aromatic carbocycles. The number of nitrogens with zero attached hydrogens (tertiary/aromatic N) is 3. The first-order chi connectivity index (χ1) is 19.1. The predicted molar refractivity (Wildman–Crippen MR) is 168 cm³/mol. The summed E-state index contributed by atoms with van der Waals surface area (Å²) < 4.78 is 2.11. The van der Waals surface area contributed by atoms with Crippen LogP contribution in [0.25, 0.3) is 5.69 Å². The molecule has 0 saturated carbocycles. The number of aromatic nitrogens is 2. The van der Waals surface area contributed by atoms with Crippen LogP contribution in [-0.4, -0.2) is 20.6 Å². The van der Waals surface area contributed by atoms with Gasteiger partial charge in [0.2, 0.25) is 5.91 Å². The number of hydrogen-bond donors (Lipinski definition) is 2. The molecular weight excluding hydrogens is 585 g/mol. The van der Waals surface area contributed by atoms with Crippen LogP contribution in [0.15, 0.2) is 66.9 Å². The Morgan fingerprint density at radius 1 is 1.02 bits per heavy atom. The molecule has 0 aliphatic carbocycles. The zero-order valence-corrected chi connectivity index (χ0v) is 25.5. The van der Waals surface area contributed by atoms with E-state index in [1.54, 1.807) is 18.3 Å². The Balaban J connectivity index is 1.64. The minimum atomic E-state index is -0.257. The molecular formula is C30H28Cl3N5OS. The normalized spacial score (nSPS) is 16.9. The Labute approximate surface area is 254 Å². The van der Waals surface area contributed by atoms with Gasteiger partial charge >= 0.3 is 0 Å². The van der Waals surface area contributed by atoms with E-state index >= 15 is 0 Å². The van der Waals surface area contributed by atoms with E-state index in [9.17, 15) is 4.79 Å². The summed E-state index contributed by atoms with van der Waals surface area (Å²) in [5.41, 5.74) is 6.04. The first-order valence-electron chi connectivity index (χ1n) is 12.8. The minimum absolute atomic E-state index is 0.104. The topological polar surface area (TPSA) is 62.2 Å². The third-order valence-corrected chi connectivity index (χ3v) is 8.51. The summed E-state index contributed by atoms with van der Waals surface area (Å²) in [5, 5.41) is 8.32. The zero-order valence-electron chi connectivity index (χ0n) is 22.4. The second-order valence-corrected chi connectivity index (χ2v) is 11.6. The number of nitrogens with one attached hydrogen (secondary N) is 2. The smallest absolute Gasteiger partial charge is 0.226 e. The second kappa shape index (κ2) is 11.4. The maximum absolute atomic E-state index is 12.3. The number of carbonyl (C=O) groups excluding carboxylic acids is 1. The highest BCUT2D eigenvalue weighted by Crippen LogP contribution is 2.45. The molecule has 1 aliphatic rings. The maximum Gasteiger partial charge on any atom is 0.226 e. The fourth-order valence-corrected chi connectivity index (χ4v) is 6.05. The van der Waals surface area contributed by atoms with Crippen molar-refractivity contribution in [3.63, 3.8) is 0 Å². The van der Waals surface area contributed by atoms with E-state index in [0.717, 1.165) is 34.0 Å². The van der Waals surface area contributed by atoms with Crippen molar-refractivity contribution in [2.24, 2.45) is 5.92 Å². The van der Waals surface area contributed by atoms with E-state index in [1.165, 1.54) is 0 Å². The molecule has 0 radical (unpaired) electrons. The number of carbonyl (C=O) groups is 1. The van der Waals surface area contributed by atoms with E-state index in [4.69, 9.17) is 47.0 Å². The molecule has 1 amide bonds. The van der Waals surface area contributed by atoms with Crippen LogP contribution >= 0.6 is 47.0 Å². The van der Waals surface area contributed by atoms with Crippen molar-refractivity contribution < 1.29 is 4.79 Å². The predicted octanol–water partition coefficient (Wildman–Crippen LogP) is 8.22. The number of benzene rings is 2. The van der Waals surface area contributed by atoms with E-state index in [-0.39, 0.29) is 23.9 Å². The van der Waals surface area contributed by atoms with E-state index in [0.29, 0.717) is 25.9 Å². The summed E-state index contributed by atoms with van der Waals surface area (Å²) >= 11 is 25.6. The van der Waals surface area contributed by atoms with Crippen LogP contribution in [0.4, 0.5) is 11.4 Å². The van der Waals surface area contributed by atoms with Gasteiger partial charge in [-0.05, 0) is 80.2 Å². The monoisotopic (exact) mass is 611 g/mol. The number of thiocarbonyl (C=S) groups is 1. The van der Waals surface area contributed by atoms with Crippen LogP contribution in [0, 0.1) is 19.8 Å². The number of rotatable bonds is 6. The van der Waals surface area contributed by atoms with Crippen molar-refractivity contribution >= 4 is 69.4 Å². The first-order valence-corrected chi connectivity index (χ1v) is 14.4. The summed E-state index contributed by atoms with van der Waals surface area (Å²) in [6.45, 7) is 7.77. The third kappa shape index (κ3) is 5.19. The van der Waals surface area contributed by atoms with Crippen LogP contribution in [0.3, 0.4) is 0 Å². The fraction of sp³-hybridized carbons (Fsp3) is 0.233. The van der Waals surface area contributed by atoms with Crippen LogP contribution in [0.1, 0.15) is 48.6 Å². The highest BCUT2D eigenvalue weighted by molar-refractivity contribution is 7.80. The molecule has 4 aromatic rings. The third-order valence-electron chi connectivity index (χ3n) is 7.07. The number of anilines is 2. The lowest BCUT2D eigenvalue weighted by Crippen LogP contribution is -2.29. The molecule has 206 valence electrons. The SMILES string of the molecule is Cc1cc([C@@H]2[C@H](c3ccccn3)NC(=S)N2c2ccc(NC(=O)C(C)C)c(Cl)c2)c(C)n1-c1cccc(Cl)c1Cl. The number of halogens is 3. The van der Waals surface area contributed by atoms with Crippen LogP contribution < -0.4 is 15.5 Å². The van der Waals surface area contributed by atoms with Crippen molar-refractivity contribution in [2.45, 2.75) is 39.8 Å². The summed E-state index contributed by atoms with van der Waals surface area (Å²) in [6.07, 6.45) is 1.78. The molecule has 5 rings (SSSR count). The number of amides is 1. The molecule has 2 atom stereocenters. The van der Waals surface area contributed by atoms with Gasteiger partial charge in [-0.25, -0.2) is 0 Å². The molecule has 1 saturated heterocycles. The molecule has 6 nitrogen and oxygen atoms in total. The molecule has 1 fully saturated rings.